The maximum absolute atomic E-state index is 12.7. The number of piperazine rings is 1. The minimum Gasteiger partial charge on any atom is -0.340 e. The monoisotopic (exact) mass is 423 g/mol. The Morgan fingerprint density at radius 1 is 0.926 bits per heavy atom. The molecule has 0 bridgehead atoms. The van der Waals surface area contributed by atoms with Crippen LogP contribution in [0, 0.1) is 5.92 Å². The molecule has 0 N–H and O–H groups in total. The van der Waals surface area contributed by atoms with Crippen LogP contribution in [0.3, 0.4) is 0 Å². The first-order valence-corrected chi connectivity index (χ1v) is 13.5. The number of hydrogen-bond donors (Lipinski definition) is 0. The van der Waals surface area contributed by atoms with Gasteiger partial charge < -0.3 is 4.90 Å². The van der Waals surface area contributed by atoms with Crippen LogP contribution < -0.4 is 0 Å². The number of hydrogen-bond acceptors (Lipinski definition) is 6. The lowest BCUT2D eigenvalue weighted by atomic mass is 9.96. The lowest BCUT2D eigenvalue weighted by Gasteiger charge is -2.38. The molecule has 0 aliphatic carbocycles. The van der Waals surface area contributed by atoms with Gasteiger partial charge in [0.05, 0.1) is 11.5 Å². The van der Waals surface area contributed by atoms with Crippen molar-refractivity contribution < 1.29 is 21.6 Å². The van der Waals surface area contributed by atoms with Crippen molar-refractivity contribution in [3.8, 4) is 0 Å². The highest BCUT2D eigenvalue weighted by atomic mass is 32.2. The molecular formula is C17H33N3O5S2. The summed E-state index contributed by atoms with van der Waals surface area (Å²) in [6.45, 7) is 5.93. The van der Waals surface area contributed by atoms with Crippen molar-refractivity contribution in [2.75, 3.05) is 63.6 Å². The minimum absolute atomic E-state index is 0.106. The molecule has 158 valence electrons. The first-order chi connectivity index (χ1) is 12.6. The molecule has 2 aliphatic rings. The molecule has 1 amide bonds. The Hall–Kier alpha value is -0.710. The first-order valence-electron chi connectivity index (χ1n) is 9.79. The van der Waals surface area contributed by atoms with E-state index in [-0.39, 0.29) is 23.3 Å². The van der Waals surface area contributed by atoms with Crippen molar-refractivity contribution in [2.24, 2.45) is 5.92 Å². The van der Waals surface area contributed by atoms with Gasteiger partial charge in [-0.1, -0.05) is 13.3 Å². The van der Waals surface area contributed by atoms with Gasteiger partial charge in [-0.05, 0) is 19.3 Å². The summed E-state index contributed by atoms with van der Waals surface area (Å²) in [4.78, 5) is 16.7. The Labute approximate surface area is 163 Å². The van der Waals surface area contributed by atoms with Gasteiger partial charge in [0.2, 0.25) is 15.9 Å². The van der Waals surface area contributed by atoms with Crippen LogP contribution in [0.2, 0.25) is 0 Å². The van der Waals surface area contributed by atoms with Crippen molar-refractivity contribution in [3.05, 3.63) is 0 Å². The van der Waals surface area contributed by atoms with Gasteiger partial charge in [-0.2, -0.15) is 0 Å². The van der Waals surface area contributed by atoms with Crippen LogP contribution in [0.1, 0.15) is 32.6 Å². The van der Waals surface area contributed by atoms with E-state index in [9.17, 15) is 21.6 Å². The van der Waals surface area contributed by atoms with Crippen molar-refractivity contribution in [2.45, 2.75) is 32.6 Å². The smallest absolute Gasteiger partial charge is 0.225 e. The Morgan fingerprint density at radius 3 is 2.04 bits per heavy atom. The predicted molar refractivity (Wildman–Crippen MR) is 106 cm³/mol. The lowest BCUT2D eigenvalue weighted by Crippen LogP contribution is -2.52. The van der Waals surface area contributed by atoms with Crippen LogP contribution in [0.15, 0.2) is 0 Å². The molecule has 2 saturated heterocycles. The van der Waals surface area contributed by atoms with Crippen LogP contribution in [-0.4, -0.2) is 100 Å². The molecule has 2 rings (SSSR count). The SMILES string of the molecule is CCCCS(=O)(=O)N1CCC(C(=O)N2CCN(CCS(C)(=O)=O)CC2)CC1. The fourth-order valence-corrected chi connectivity index (χ4v) is 5.85. The average molecular weight is 424 g/mol. The summed E-state index contributed by atoms with van der Waals surface area (Å²) in [6.07, 6.45) is 3.92. The van der Waals surface area contributed by atoms with Gasteiger partial charge in [0.1, 0.15) is 9.84 Å². The number of rotatable bonds is 8. The molecule has 0 aromatic heterocycles. The van der Waals surface area contributed by atoms with E-state index in [0.717, 1.165) is 6.42 Å². The highest BCUT2D eigenvalue weighted by Gasteiger charge is 2.33. The summed E-state index contributed by atoms with van der Waals surface area (Å²) in [5.74, 6) is 0.345. The molecule has 8 nitrogen and oxygen atoms in total. The molecule has 0 atom stereocenters. The second-order valence-corrected chi connectivity index (χ2v) is 12.0. The Bertz CT molecular complexity index is 692. The van der Waals surface area contributed by atoms with Crippen LogP contribution in [-0.2, 0) is 24.7 Å². The molecule has 0 radical (unpaired) electrons. The van der Waals surface area contributed by atoms with Gasteiger partial charge >= 0.3 is 0 Å². The maximum atomic E-state index is 12.7. The quantitative estimate of drug-likeness (QED) is 0.546. The molecule has 0 spiro atoms. The second kappa shape index (κ2) is 9.67. The van der Waals surface area contributed by atoms with E-state index >= 15 is 0 Å². The van der Waals surface area contributed by atoms with E-state index in [1.54, 1.807) is 0 Å². The first kappa shape index (κ1) is 22.6. The molecule has 27 heavy (non-hydrogen) atoms. The number of carbonyl (C=O) groups excluding carboxylic acids is 1. The van der Waals surface area contributed by atoms with Crippen molar-refractivity contribution in [1.82, 2.24) is 14.1 Å². The number of amides is 1. The average Bonchev–Trinajstić information content (AvgIpc) is 2.64. The van der Waals surface area contributed by atoms with Crippen LogP contribution in [0.4, 0.5) is 0 Å². The predicted octanol–water partition coefficient (Wildman–Crippen LogP) is 0.0171. The van der Waals surface area contributed by atoms with Crippen molar-refractivity contribution >= 4 is 25.8 Å². The van der Waals surface area contributed by atoms with E-state index in [1.807, 2.05) is 11.8 Å². The molecule has 2 fully saturated rings. The summed E-state index contributed by atoms with van der Waals surface area (Å²) in [5, 5.41) is 0. The summed E-state index contributed by atoms with van der Waals surface area (Å²) in [7, 11) is -6.16. The van der Waals surface area contributed by atoms with Gasteiger partial charge in [-0.15, -0.1) is 0 Å². The number of sulfone groups is 1. The molecular weight excluding hydrogens is 390 g/mol. The van der Waals surface area contributed by atoms with Gasteiger partial charge in [0, 0.05) is 58.0 Å². The zero-order valence-electron chi connectivity index (χ0n) is 16.5. The summed E-state index contributed by atoms with van der Waals surface area (Å²) >= 11 is 0. The zero-order valence-corrected chi connectivity index (χ0v) is 18.1. The topological polar surface area (TPSA) is 95.1 Å². The van der Waals surface area contributed by atoms with Crippen LogP contribution in [0.5, 0.6) is 0 Å². The van der Waals surface area contributed by atoms with E-state index in [0.29, 0.717) is 65.1 Å². The largest absolute Gasteiger partial charge is 0.340 e. The summed E-state index contributed by atoms with van der Waals surface area (Å²) < 4.78 is 48.6. The number of carbonyl (C=O) groups is 1. The lowest BCUT2D eigenvalue weighted by molar-refractivity contribution is -0.138. The van der Waals surface area contributed by atoms with Gasteiger partial charge in [-0.3, -0.25) is 9.69 Å². The van der Waals surface area contributed by atoms with E-state index in [2.05, 4.69) is 4.90 Å². The highest BCUT2D eigenvalue weighted by molar-refractivity contribution is 7.90. The Balaban J connectivity index is 1.77. The fraction of sp³-hybridized carbons (Fsp3) is 0.941. The van der Waals surface area contributed by atoms with Gasteiger partial charge in [0.25, 0.3) is 0 Å². The van der Waals surface area contributed by atoms with Gasteiger partial charge in [0.15, 0.2) is 0 Å². The van der Waals surface area contributed by atoms with Gasteiger partial charge in [-0.25, -0.2) is 21.1 Å². The van der Waals surface area contributed by atoms with Crippen LogP contribution >= 0.6 is 0 Å². The molecule has 10 heteroatoms. The molecule has 0 saturated carbocycles. The number of piperidine rings is 1. The third-order valence-electron chi connectivity index (χ3n) is 5.41. The molecule has 2 heterocycles. The third kappa shape index (κ3) is 6.99. The van der Waals surface area contributed by atoms with Crippen molar-refractivity contribution in [1.29, 1.82) is 0 Å². The summed E-state index contributed by atoms with van der Waals surface area (Å²) in [6, 6.07) is 0. The number of sulfonamides is 1. The number of unbranched alkanes of at least 4 members (excludes halogenated alkanes) is 1. The Morgan fingerprint density at radius 2 is 1.52 bits per heavy atom. The summed E-state index contributed by atoms with van der Waals surface area (Å²) in [5.41, 5.74) is 0. The normalized spacial score (nSPS) is 21.5. The molecule has 0 unspecified atom stereocenters. The van der Waals surface area contributed by atoms with E-state index in [1.165, 1.54) is 10.6 Å². The van der Waals surface area contributed by atoms with E-state index < -0.39 is 19.9 Å². The number of nitrogens with zero attached hydrogens (tertiary/aromatic N) is 3. The molecule has 0 aromatic rings. The Kier molecular flexibility index (Phi) is 8.08. The minimum atomic E-state index is -3.19. The third-order valence-corrected chi connectivity index (χ3v) is 8.30. The standard InChI is InChI=1S/C17H33N3O5S2/c1-3-4-14-27(24,25)20-7-5-16(6-8-20)17(21)19-11-9-18(10-12-19)13-15-26(2,22)23/h16H,3-15H2,1-2H3. The van der Waals surface area contributed by atoms with Crippen LogP contribution in [0.25, 0.3) is 0 Å². The molecule has 2 aliphatic heterocycles. The highest BCUT2D eigenvalue weighted by Crippen LogP contribution is 2.23. The molecule has 0 aromatic carbocycles. The zero-order chi connectivity index (χ0) is 20.1. The van der Waals surface area contributed by atoms with Crippen molar-refractivity contribution in [3.63, 3.8) is 0 Å². The second-order valence-electron chi connectivity index (χ2n) is 7.64. The maximum Gasteiger partial charge on any atom is 0.225 e. The fourth-order valence-electron chi connectivity index (χ4n) is 3.58. The van der Waals surface area contributed by atoms with E-state index in [4.69, 9.17) is 0 Å².